The molecule has 0 spiro atoms. The Balaban J connectivity index is 2.07. The summed E-state index contributed by atoms with van der Waals surface area (Å²) in [5.74, 6) is 0.606. The van der Waals surface area contributed by atoms with Gasteiger partial charge in [-0.3, -0.25) is 4.79 Å². The molecule has 0 aliphatic carbocycles. The maximum absolute atomic E-state index is 12.0. The molecule has 1 saturated heterocycles. The summed E-state index contributed by atoms with van der Waals surface area (Å²) in [5, 5.41) is 7.93. The molecule has 1 aliphatic heterocycles. The van der Waals surface area contributed by atoms with E-state index in [4.69, 9.17) is 0 Å². The molecule has 1 atom stereocenters. The van der Waals surface area contributed by atoms with Gasteiger partial charge in [-0.15, -0.1) is 5.10 Å². The van der Waals surface area contributed by atoms with Crippen LogP contribution in [0.3, 0.4) is 0 Å². The van der Waals surface area contributed by atoms with Gasteiger partial charge in [-0.2, -0.15) is 9.90 Å². The first-order chi connectivity index (χ1) is 7.16. The van der Waals surface area contributed by atoms with Crippen molar-refractivity contribution in [3.05, 3.63) is 11.9 Å². The quantitative estimate of drug-likeness (QED) is 0.682. The molecule has 1 aromatic rings. The minimum atomic E-state index is 0.00894. The third kappa shape index (κ3) is 2.16. The molecule has 2 heterocycles. The summed E-state index contributed by atoms with van der Waals surface area (Å²) >= 11 is 0. The van der Waals surface area contributed by atoms with Gasteiger partial charge in [-0.05, 0) is 18.8 Å². The van der Waals surface area contributed by atoms with Crippen molar-refractivity contribution < 1.29 is 4.79 Å². The van der Waals surface area contributed by atoms with Crippen LogP contribution >= 0.6 is 0 Å². The average molecular weight is 208 g/mol. The molecule has 5 heteroatoms. The number of piperidine rings is 1. The Kier molecular flexibility index (Phi) is 2.70. The van der Waals surface area contributed by atoms with Crippen LogP contribution in [0.2, 0.25) is 0 Å². The number of carbonyl (C=O) groups excluding carboxylic acids is 1. The highest BCUT2D eigenvalue weighted by atomic mass is 16.2. The number of aromatic nitrogens is 3. The van der Waals surface area contributed by atoms with Crippen molar-refractivity contribution in [1.29, 1.82) is 0 Å². The van der Waals surface area contributed by atoms with Crippen molar-refractivity contribution in [3.8, 4) is 0 Å². The van der Waals surface area contributed by atoms with Gasteiger partial charge >= 0.3 is 0 Å². The summed E-state index contributed by atoms with van der Waals surface area (Å²) in [6, 6.07) is 0. The molecule has 15 heavy (non-hydrogen) atoms. The highest BCUT2D eigenvalue weighted by Gasteiger charge is 2.23. The monoisotopic (exact) mass is 208 g/mol. The van der Waals surface area contributed by atoms with Crippen LogP contribution in [0.5, 0.6) is 0 Å². The van der Waals surface area contributed by atoms with E-state index >= 15 is 0 Å². The number of likely N-dealkylation sites (tertiary alicyclic amines) is 1. The van der Waals surface area contributed by atoms with Crippen LogP contribution in [0.4, 0.5) is 0 Å². The smallest absolute Gasteiger partial charge is 0.276 e. The van der Waals surface area contributed by atoms with Crippen molar-refractivity contribution in [2.45, 2.75) is 19.8 Å². The van der Waals surface area contributed by atoms with Gasteiger partial charge in [-0.25, -0.2) is 0 Å². The van der Waals surface area contributed by atoms with Crippen molar-refractivity contribution in [2.24, 2.45) is 13.0 Å². The molecule has 0 radical (unpaired) electrons. The Labute approximate surface area is 89.1 Å². The fourth-order valence-corrected chi connectivity index (χ4v) is 1.98. The van der Waals surface area contributed by atoms with E-state index in [9.17, 15) is 4.79 Å². The SMILES string of the molecule is CC1CCCN(C(=O)c2cnn(C)n2)C1. The zero-order valence-corrected chi connectivity index (χ0v) is 9.18. The highest BCUT2D eigenvalue weighted by molar-refractivity contribution is 5.91. The zero-order chi connectivity index (χ0) is 10.8. The van der Waals surface area contributed by atoms with E-state index in [1.54, 1.807) is 7.05 Å². The molecule has 1 unspecified atom stereocenters. The van der Waals surface area contributed by atoms with E-state index < -0.39 is 0 Å². The highest BCUT2D eigenvalue weighted by Crippen LogP contribution is 2.16. The molecule has 82 valence electrons. The zero-order valence-electron chi connectivity index (χ0n) is 9.18. The van der Waals surface area contributed by atoms with Gasteiger partial charge in [0.1, 0.15) is 0 Å². The third-order valence-corrected chi connectivity index (χ3v) is 2.76. The van der Waals surface area contributed by atoms with E-state index in [0.29, 0.717) is 11.6 Å². The predicted molar refractivity (Wildman–Crippen MR) is 55.3 cm³/mol. The van der Waals surface area contributed by atoms with Gasteiger partial charge < -0.3 is 4.90 Å². The van der Waals surface area contributed by atoms with Crippen LogP contribution in [0.15, 0.2) is 6.20 Å². The van der Waals surface area contributed by atoms with Crippen LogP contribution in [-0.4, -0.2) is 38.9 Å². The Morgan fingerprint density at radius 3 is 3.00 bits per heavy atom. The molecular weight excluding hydrogens is 192 g/mol. The number of amides is 1. The van der Waals surface area contributed by atoms with Gasteiger partial charge in [0.15, 0.2) is 5.69 Å². The van der Waals surface area contributed by atoms with Gasteiger partial charge in [0.05, 0.1) is 6.20 Å². The second-order valence-corrected chi connectivity index (χ2v) is 4.22. The molecule has 2 rings (SSSR count). The van der Waals surface area contributed by atoms with Crippen LogP contribution in [0.1, 0.15) is 30.3 Å². The van der Waals surface area contributed by atoms with Gasteiger partial charge in [-0.1, -0.05) is 6.92 Å². The Bertz CT molecular complexity index is 360. The first-order valence-corrected chi connectivity index (χ1v) is 5.32. The predicted octanol–water partition coefficient (Wildman–Crippen LogP) is 0.687. The molecule has 5 nitrogen and oxygen atoms in total. The summed E-state index contributed by atoms with van der Waals surface area (Å²) in [6.45, 7) is 3.87. The van der Waals surface area contributed by atoms with Crippen molar-refractivity contribution >= 4 is 5.91 Å². The lowest BCUT2D eigenvalue weighted by molar-refractivity contribution is 0.0676. The van der Waals surface area contributed by atoms with Crippen molar-refractivity contribution in [3.63, 3.8) is 0 Å². The molecular formula is C10H16N4O. The number of hydrogen-bond acceptors (Lipinski definition) is 3. The molecule has 0 aromatic carbocycles. The summed E-state index contributed by atoms with van der Waals surface area (Å²) in [7, 11) is 1.72. The van der Waals surface area contributed by atoms with Crippen LogP contribution in [0.25, 0.3) is 0 Å². The number of nitrogens with zero attached hydrogens (tertiary/aromatic N) is 4. The van der Waals surface area contributed by atoms with Gasteiger partial charge in [0.25, 0.3) is 5.91 Å². The Morgan fingerprint density at radius 2 is 2.40 bits per heavy atom. The van der Waals surface area contributed by atoms with Crippen LogP contribution < -0.4 is 0 Å². The van der Waals surface area contributed by atoms with Crippen LogP contribution in [-0.2, 0) is 7.05 Å². The van der Waals surface area contributed by atoms with E-state index in [2.05, 4.69) is 17.1 Å². The molecule has 0 bridgehead atoms. The molecule has 0 saturated carbocycles. The van der Waals surface area contributed by atoms with E-state index in [0.717, 1.165) is 19.5 Å². The number of hydrogen-bond donors (Lipinski definition) is 0. The van der Waals surface area contributed by atoms with E-state index in [1.807, 2.05) is 4.90 Å². The van der Waals surface area contributed by atoms with E-state index in [-0.39, 0.29) is 5.91 Å². The van der Waals surface area contributed by atoms with Gasteiger partial charge in [0, 0.05) is 20.1 Å². The molecule has 1 aliphatic rings. The molecule has 1 aromatic heterocycles. The standard InChI is InChI=1S/C10H16N4O/c1-8-4-3-5-14(7-8)10(15)9-6-11-13(2)12-9/h6,8H,3-5,7H2,1-2H3. The Hall–Kier alpha value is -1.39. The number of rotatable bonds is 1. The minimum Gasteiger partial charge on any atom is -0.337 e. The Morgan fingerprint density at radius 1 is 1.60 bits per heavy atom. The summed E-state index contributed by atoms with van der Waals surface area (Å²) in [6.07, 6.45) is 3.83. The normalized spacial score (nSPS) is 21.7. The molecule has 1 amide bonds. The van der Waals surface area contributed by atoms with Crippen molar-refractivity contribution in [1.82, 2.24) is 19.9 Å². The topological polar surface area (TPSA) is 51.0 Å². The average Bonchev–Trinajstić information content (AvgIpc) is 2.64. The number of carbonyl (C=O) groups is 1. The maximum Gasteiger partial charge on any atom is 0.276 e. The lowest BCUT2D eigenvalue weighted by Crippen LogP contribution is -2.39. The van der Waals surface area contributed by atoms with Gasteiger partial charge in [0.2, 0.25) is 0 Å². The minimum absolute atomic E-state index is 0.00894. The first-order valence-electron chi connectivity index (χ1n) is 5.32. The summed E-state index contributed by atoms with van der Waals surface area (Å²) < 4.78 is 0. The lowest BCUT2D eigenvalue weighted by Gasteiger charge is -2.30. The fourth-order valence-electron chi connectivity index (χ4n) is 1.98. The fraction of sp³-hybridized carbons (Fsp3) is 0.700. The summed E-state index contributed by atoms with van der Waals surface area (Å²) in [4.78, 5) is 15.3. The summed E-state index contributed by atoms with van der Waals surface area (Å²) in [5.41, 5.74) is 0.451. The second-order valence-electron chi connectivity index (χ2n) is 4.22. The second kappa shape index (κ2) is 4.00. The maximum atomic E-state index is 12.0. The van der Waals surface area contributed by atoms with Crippen molar-refractivity contribution in [2.75, 3.05) is 13.1 Å². The molecule has 1 fully saturated rings. The number of aryl methyl sites for hydroxylation is 1. The van der Waals surface area contributed by atoms with Crippen LogP contribution in [0, 0.1) is 5.92 Å². The van der Waals surface area contributed by atoms with E-state index in [1.165, 1.54) is 17.4 Å². The first kappa shape index (κ1) is 10.1. The third-order valence-electron chi connectivity index (χ3n) is 2.76. The molecule has 0 N–H and O–H groups in total. The largest absolute Gasteiger partial charge is 0.337 e. The lowest BCUT2D eigenvalue weighted by atomic mass is 10.0.